The zero-order chi connectivity index (χ0) is 68.8. The lowest BCUT2D eigenvalue weighted by Gasteiger charge is -2.35. The summed E-state index contributed by atoms with van der Waals surface area (Å²) in [6, 6.07) is 9.01. The van der Waals surface area contributed by atoms with Crippen LogP contribution in [0.5, 0.6) is 5.75 Å². The monoisotopic (exact) mass is 1290 g/mol. The van der Waals surface area contributed by atoms with E-state index >= 15 is 4.79 Å². The molecule has 0 bridgehead atoms. The van der Waals surface area contributed by atoms with E-state index in [1.165, 1.54) is 44.9 Å². The second kappa shape index (κ2) is 36.2. The number of nitrogens with zero attached hydrogens (tertiary/aromatic N) is 3. The highest BCUT2D eigenvalue weighted by Gasteiger charge is 2.45. The van der Waals surface area contributed by atoms with Crippen molar-refractivity contribution in [2.24, 2.45) is 29.6 Å². The van der Waals surface area contributed by atoms with Crippen LogP contribution in [0, 0.1) is 29.6 Å². The largest absolute Gasteiger partial charge is 0.497 e. The van der Waals surface area contributed by atoms with Crippen molar-refractivity contribution in [3.63, 3.8) is 0 Å². The van der Waals surface area contributed by atoms with E-state index in [0.29, 0.717) is 30.2 Å². The van der Waals surface area contributed by atoms with Gasteiger partial charge in [0.2, 0.25) is 23.6 Å². The number of likely N-dealkylation sites (N-methyl/N-ethyl adjacent to an activating group) is 2. The minimum Gasteiger partial charge on any atom is -0.497 e. The standard InChI is InChI=1S/C67H106N6O17Si/c1-20-43(8)55(70-65(83)90-67(11,12)13)53(74)38-54(75)89-58(42(6)7)57(76)44(9)59(77)68-49(35-40(2)3)61(79)73-32-24-27-50(73)62(80)71(14)52(37-46-28-30-48(85-16)31-29-46)63(81)88-45(10)56(64(82)86-33-34-91(17,18)19)69-60(78)51(36-41(4)5)72(15)66(84)87-39-47-25-22-21-23-26-47/h21-23,25-26,28-31,40-45,49-53,55-56,58,74H,20,24,27,32-39H2,1-19H3,(H,68,77)(H,69,78)(H,70,83)/t43-,44+,45-,49+,50+,51-,52+,53-,55+,56+,58-/m1/s1. The van der Waals surface area contributed by atoms with Gasteiger partial charge in [-0.3, -0.25) is 33.7 Å². The number of benzene rings is 2. The van der Waals surface area contributed by atoms with Crippen molar-refractivity contribution in [3.05, 3.63) is 65.7 Å². The van der Waals surface area contributed by atoms with E-state index in [9.17, 15) is 48.3 Å². The van der Waals surface area contributed by atoms with Crippen molar-refractivity contribution in [3.8, 4) is 5.75 Å². The Hall–Kier alpha value is -7.08. The van der Waals surface area contributed by atoms with Gasteiger partial charge in [0, 0.05) is 35.1 Å². The zero-order valence-corrected chi connectivity index (χ0v) is 58.4. The number of aliphatic hydroxyl groups is 1. The summed E-state index contributed by atoms with van der Waals surface area (Å²) in [6.07, 6.45) is -5.19. The molecule has 24 heteroatoms. The number of ether oxygens (including phenoxy) is 6. The third kappa shape index (κ3) is 25.5. The lowest BCUT2D eigenvalue weighted by Crippen LogP contribution is -2.58. The molecule has 4 N–H and O–H groups in total. The number of aliphatic hydroxyl groups excluding tert-OH is 1. The van der Waals surface area contributed by atoms with Crippen molar-refractivity contribution in [1.29, 1.82) is 0 Å². The molecule has 6 amide bonds. The fourth-order valence-corrected chi connectivity index (χ4v) is 11.0. The van der Waals surface area contributed by atoms with Crippen LogP contribution < -0.4 is 20.7 Å². The van der Waals surface area contributed by atoms with Gasteiger partial charge in [0.15, 0.2) is 17.9 Å². The van der Waals surface area contributed by atoms with Gasteiger partial charge in [0.1, 0.15) is 48.2 Å². The number of amides is 6. The van der Waals surface area contributed by atoms with Crippen molar-refractivity contribution in [2.75, 3.05) is 34.4 Å². The predicted octanol–water partition coefficient (Wildman–Crippen LogP) is 8.03. The molecule has 1 fully saturated rings. The molecule has 2 aromatic carbocycles. The SMILES string of the molecule is CC[C@@H](C)[C@H](NC(=O)OC(C)(C)C)[C@H](O)CC(=O)O[C@@H](C(=O)[C@H](C)C(=O)N[C@@H](CC(C)C)C(=O)N1CCC[C@H]1C(=O)N(C)[C@@H](Cc1ccc(OC)cc1)C(=O)O[C@H](C)[C@H](NC(=O)[C@@H](CC(C)C)N(C)C(=O)OCc1ccccc1)C(=O)OCC[Si](C)(C)C)C(C)C. The van der Waals surface area contributed by atoms with Gasteiger partial charge in [-0.15, -0.1) is 0 Å². The molecule has 0 aliphatic carbocycles. The number of Topliss-reactive ketones (excluding diaryl/α,β-unsaturated/α-hetero) is 1. The number of carbonyl (C=O) groups excluding carboxylic acids is 10. The molecular weight excluding hydrogens is 1190 g/mol. The number of esters is 3. The molecule has 1 aliphatic heterocycles. The highest BCUT2D eigenvalue weighted by atomic mass is 28.3. The quantitative estimate of drug-likeness (QED) is 0.0223. The van der Waals surface area contributed by atoms with E-state index in [1.54, 1.807) is 90.1 Å². The first-order valence-electron chi connectivity index (χ1n) is 31.9. The number of hydrogen-bond donors (Lipinski definition) is 4. The molecule has 1 heterocycles. The summed E-state index contributed by atoms with van der Waals surface area (Å²) in [6.45, 7) is 28.5. The van der Waals surface area contributed by atoms with E-state index < -0.39 is 146 Å². The zero-order valence-electron chi connectivity index (χ0n) is 57.4. The maximum atomic E-state index is 15.0. The fraction of sp³-hybridized carbons (Fsp3) is 0.672. The summed E-state index contributed by atoms with van der Waals surface area (Å²) < 4.78 is 33.9. The molecule has 2 aromatic rings. The van der Waals surface area contributed by atoms with Crippen molar-refractivity contribution < 1.29 is 81.5 Å². The summed E-state index contributed by atoms with van der Waals surface area (Å²) in [5, 5.41) is 19.4. The normalized spacial score (nSPS) is 16.7. The Kier molecular flexibility index (Phi) is 31.1. The summed E-state index contributed by atoms with van der Waals surface area (Å²) in [5.74, 6) is -8.50. The van der Waals surface area contributed by atoms with Crippen LogP contribution >= 0.6 is 0 Å². The van der Waals surface area contributed by atoms with E-state index in [4.69, 9.17) is 28.4 Å². The number of hydrogen-bond acceptors (Lipinski definition) is 17. The van der Waals surface area contributed by atoms with Crippen molar-refractivity contribution in [2.45, 2.75) is 227 Å². The Bertz CT molecular complexity index is 2730. The summed E-state index contributed by atoms with van der Waals surface area (Å²) in [7, 11) is 2.58. The molecule has 0 saturated carbocycles. The first-order valence-corrected chi connectivity index (χ1v) is 35.6. The second-order valence-corrected chi connectivity index (χ2v) is 33.0. The van der Waals surface area contributed by atoms with Crippen molar-refractivity contribution >= 4 is 67.6 Å². The summed E-state index contributed by atoms with van der Waals surface area (Å²) in [4.78, 5) is 145. The smallest absolute Gasteiger partial charge is 0.410 e. The van der Waals surface area contributed by atoms with Crippen molar-refractivity contribution in [1.82, 2.24) is 30.7 Å². The van der Waals surface area contributed by atoms with E-state index in [0.717, 1.165) is 10.5 Å². The summed E-state index contributed by atoms with van der Waals surface area (Å²) in [5.41, 5.74) is 0.492. The first-order chi connectivity index (χ1) is 42.4. The average Bonchev–Trinajstić information content (AvgIpc) is 1.80. The molecular formula is C67H106N6O17Si. The van der Waals surface area contributed by atoms with Crippen LogP contribution in [0.4, 0.5) is 9.59 Å². The maximum absolute atomic E-state index is 15.0. The van der Waals surface area contributed by atoms with E-state index in [2.05, 4.69) is 35.6 Å². The van der Waals surface area contributed by atoms with Crippen LogP contribution in [-0.4, -0.2) is 182 Å². The van der Waals surface area contributed by atoms with Gasteiger partial charge in [-0.05, 0) is 113 Å². The number of alkyl carbamates (subject to hydrolysis) is 1. The minimum absolute atomic E-state index is 0.0249. The molecule has 510 valence electrons. The van der Waals surface area contributed by atoms with Crippen LogP contribution in [0.1, 0.15) is 140 Å². The topological polar surface area (TPSA) is 292 Å². The molecule has 1 saturated heterocycles. The number of methoxy groups -OCH3 is 1. The van der Waals surface area contributed by atoms with Crippen LogP contribution in [0.25, 0.3) is 0 Å². The van der Waals surface area contributed by atoms with Gasteiger partial charge in [-0.2, -0.15) is 0 Å². The lowest BCUT2D eigenvalue weighted by atomic mass is 9.92. The van der Waals surface area contributed by atoms with E-state index in [-0.39, 0.29) is 63.2 Å². The van der Waals surface area contributed by atoms with Gasteiger partial charge < -0.3 is 59.3 Å². The van der Waals surface area contributed by atoms with Gasteiger partial charge in [-0.1, -0.05) is 124 Å². The van der Waals surface area contributed by atoms with Crippen LogP contribution in [0.15, 0.2) is 54.6 Å². The highest BCUT2D eigenvalue weighted by molar-refractivity contribution is 6.76. The number of likely N-dealkylation sites (tertiary alicyclic amines) is 1. The van der Waals surface area contributed by atoms with Gasteiger partial charge in [0.25, 0.3) is 0 Å². The molecule has 0 unspecified atom stereocenters. The van der Waals surface area contributed by atoms with Crippen LogP contribution in [0.3, 0.4) is 0 Å². The molecule has 23 nitrogen and oxygen atoms in total. The Labute approximate surface area is 540 Å². The minimum atomic E-state index is -1.74. The highest BCUT2D eigenvalue weighted by Crippen LogP contribution is 2.27. The molecule has 3 rings (SSSR count). The van der Waals surface area contributed by atoms with Gasteiger partial charge in [-0.25, -0.2) is 19.2 Å². The third-order valence-electron chi connectivity index (χ3n) is 15.9. The second-order valence-electron chi connectivity index (χ2n) is 27.4. The van der Waals surface area contributed by atoms with Gasteiger partial charge >= 0.3 is 30.1 Å². The molecule has 0 spiro atoms. The van der Waals surface area contributed by atoms with Crippen LogP contribution in [0.2, 0.25) is 25.7 Å². The lowest BCUT2D eigenvalue weighted by molar-refractivity contribution is -0.165. The molecule has 11 atom stereocenters. The number of nitrogens with one attached hydrogen (secondary N) is 3. The Balaban J connectivity index is 1.94. The molecule has 0 aromatic heterocycles. The Morgan fingerprint density at radius 3 is 1.90 bits per heavy atom. The molecule has 1 aliphatic rings. The fourth-order valence-electron chi connectivity index (χ4n) is 10.3. The summed E-state index contributed by atoms with van der Waals surface area (Å²) >= 11 is 0. The number of ketones is 1. The Morgan fingerprint density at radius 1 is 0.736 bits per heavy atom. The average molecular weight is 1300 g/mol. The number of carbonyl (C=O) groups is 10. The van der Waals surface area contributed by atoms with E-state index in [1.807, 2.05) is 40.7 Å². The molecule has 91 heavy (non-hydrogen) atoms. The Morgan fingerprint density at radius 2 is 1.35 bits per heavy atom. The van der Waals surface area contributed by atoms with Gasteiger partial charge in [0.05, 0.1) is 38.2 Å². The third-order valence-corrected chi connectivity index (χ3v) is 17.6. The maximum Gasteiger partial charge on any atom is 0.410 e. The molecule has 0 radical (unpaired) electrons. The number of rotatable bonds is 34. The first kappa shape index (κ1) is 78.2. The predicted molar refractivity (Wildman–Crippen MR) is 346 cm³/mol. The van der Waals surface area contributed by atoms with Crippen LogP contribution in [-0.2, 0) is 75.1 Å².